The Morgan fingerprint density at radius 2 is 1.74 bits per heavy atom. The molecule has 2 aliphatic heterocycles. The van der Waals surface area contributed by atoms with E-state index in [1.165, 1.54) is 32.1 Å². The highest BCUT2D eigenvalue weighted by Crippen LogP contribution is 2.71. The van der Waals surface area contributed by atoms with Crippen LogP contribution < -0.4 is 0 Å². The van der Waals surface area contributed by atoms with E-state index >= 15 is 0 Å². The molecule has 2 heterocycles. The molecule has 1 unspecified atom stereocenters. The minimum absolute atomic E-state index is 0.114. The van der Waals surface area contributed by atoms with E-state index in [-0.39, 0.29) is 23.2 Å². The highest BCUT2D eigenvalue weighted by atomic mass is 16.5. The lowest BCUT2D eigenvalue weighted by molar-refractivity contribution is -0.220. The van der Waals surface area contributed by atoms with Crippen molar-refractivity contribution in [2.24, 2.45) is 35.0 Å². The minimum atomic E-state index is -0.668. The summed E-state index contributed by atoms with van der Waals surface area (Å²) >= 11 is 0. The molecule has 1 saturated heterocycles. The first kappa shape index (κ1) is 13.2. The summed E-state index contributed by atoms with van der Waals surface area (Å²) in [7, 11) is 0. The summed E-state index contributed by atoms with van der Waals surface area (Å²) in [5.41, 5.74) is 1.05. The Hall–Kier alpha value is -1.15. The molecular formula is C21H24O2. The maximum atomic E-state index is 12.6. The maximum Gasteiger partial charge on any atom is 0.187 e. The maximum absolute atomic E-state index is 12.6. The number of ketones is 1. The Bertz CT molecular complexity index is 669. The van der Waals surface area contributed by atoms with Crippen LogP contribution in [0, 0.1) is 35.0 Å². The van der Waals surface area contributed by atoms with E-state index in [0.717, 1.165) is 23.7 Å². The van der Waals surface area contributed by atoms with Gasteiger partial charge in [-0.25, -0.2) is 0 Å². The molecule has 3 atom stereocenters. The molecule has 0 amide bonds. The Kier molecular flexibility index (Phi) is 2.24. The van der Waals surface area contributed by atoms with Crippen molar-refractivity contribution in [3.05, 3.63) is 36.0 Å². The Labute approximate surface area is 137 Å². The molecule has 7 aliphatic rings. The SMILES string of the molecule is C[C@]12O[C@H](C=CC1=O)C1(C3=CC=CC32)C2CC3CC(C2)CC1C3. The third-order valence-corrected chi connectivity index (χ3v) is 8.25. The molecule has 0 aromatic heterocycles. The van der Waals surface area contributed by atoms with Gasteiger partial charge in [-0.2, -0.15) is 0 Å². The lowest BCUT2D eigenvalue weighted by atomic mass is 9.40. The fourth-order valence-corrected chi connectivity index (χ4v) is 7.62. The summed E-state index contributed by atoms with van der Waals surface area (Å²) in [5.74, 6) is 3.75. The Balaban J connectivity index is 1.57. The molecule has 0 N–H and O–H groups in total. The van der Waals surface area contributed by atoms with E-state index in [1.807, 2.05) is 13.0 Å². The normalized spacial score (nSPS) is 58.0. The molecule has 120 valence electrons. The summed E-state index contributed by atoms with van der Waals surface area (Å²) in [6, 6.07) is 0. The zero-order valence-corrected chi connectivity index (χ0v) is 13.7. The van der Waals surface area contributed by atoms with Crippen molar-refractivity contribution < 1.29 is 9.53 Å². The fraction of sp³-hybridized carbons (Fsp3) is 0.667. The van der Waals surface area contributed by atoms with Crippen molar-refractivity contribution in [2.75, 3.05) is 0 Å². The number of allylic oxidation sites excluding steroid dienone is 2. The molecule has 5 aliphatic carbocycles. The third kappa shape index (κ3) is 1.32. The molecule has 1 spiro atoms. The number of carbonyl (C=O) groups is 1. The Morgan fingerprint density at radius 1 is 1.04 bits per heavy atom. The summed E-state index contributed by atoms with van der Waals surface area (Å²) in [5, 5.41) is 0. The molecule has 0 aromatic rings. The second-order valence-electron chi connectivity index (χ2n) is 9.09. The molecule has 0 aromatic carbocycles. The number of carbonyl (C=O) groups excluding carboxylic acids is 1. The average Bonchev–Trinajstić information content (AvgIpc) is 3.01. The predicted octanol–water partition coefficient (Wildman–Crippen LogP) is 3.84. The first-order valence-electron chi connectivity index (χ1n) is 9.41. The van der Waals surface area contributed by atoms with Crippen molar-refractivity contribution >= 4 is 5.78 Å². The number of ether oxygens (including phenoxy) is 1. The van der Waals surface area contributed by atoms with Gasteiger partial charge in [-0.1, -0.05) is 29.9 Å². The monoisotopic (exact) mass is 308 g/mol. The molecule has 7 rings (SSSR count). The first-order chi connectivity index (χ1) is 11.1. The standard InChI is InChI=1S/C21H24O2/c1-20-16-3-2-4-17(16)21(19(23-20)6-5-18(20)22)14-8-12-7-13(10-14)11-15(21)9-12/h2-6,12-16,19H,7-11H2,1H3/t12?,13?,14?,15?,16?,19-,20-,21?/m1/s1. The van der Waals surface area contributed by atoms with Gasteiger partial charge in [-0.05, 0) is 68.8 Å². The fourth-order valence-electron chi connectivity index (χ4n) is 7.62. The second-order valence-corrected chi connectivity index (χ2v) is 9.09. The van der Waals surface area contributed by atoms with Crippen molar-refractivity contribution in [1.82, 2.24) is 0 Å². The van der Waals surface area contributed by atoms with E-state index in [0.29, 0.717) is 0 Å². The number of hydrogen-bond acceptors (Lipinski definition) is 2. The lowest BCUT2D eigenvalue weighted by Gasteiger charge is -2.68. The number of rotatable bonds is 0. The van der Waals surface area contributed by atoms with Crippen LogP contribution in [0.3, 0.4) is 0 Å². The van der Waals surface area contributed by atoms with Crippen LogP contribution in [0.15, 0.2) is 36.0 Å². The quantitative estimate of drug-likeness (QED) is 0.679. The Morgan fingerprint density at radius 3 is 2.43 bits per heavy atom. The smallest absolute Gasteiger partial charge is 0.187 e. The van der Waals surface area contributed by atoms with Crippen LogP contribution in [-0.2, 0) is 9.53 Å². The molecule has 2 heteroatoms. The molecule has 5 fully saturated rings. The molecule has 6 bridgehead atoms. The summed E-state index contributed by atoms with van der Waals surface area (Å²) in [6.07, 6.45) is 17.9. The predicted molar refractivity (Wildman–Crippen MR) is 87.6 cm³/mol. The second kappa shape index (κ2) is 3.91. The molecule has 2 nitrogen and oxygen atoms in total. The lowest BCUT2D eigenvalue weighted by Crippen LogP contribution is -2.67. The van der Waals surface area contributed by atoms with Gasteiger partial charge in [0.25, 0.3) is 0 Å². The molecule has 23 heavy (non-hydrogen) atoms. The van der Waals surface area contributed by atoms with Crippen molar-refractivity contribution in [1.29, 1.82) is 0 Å². The van der Waals surface area contributed by atoms with Crippen molar-refractivity contribution in [3.8, 4) is 0 Å². The van der Waals surface area contributed by atoms with Gasteiger partial charge in [0.05, 0.1) is 6.10 Å². The average molecular weight is 308 g/mol. The van der Waals surface area contributed by atoms with Crippen LogP contribution in [0.2, 0.25) is 0 Å². The molecule has 4 saturated carbocycles. The van der Waals surface area contributed by atoms with E-state index in [9.17, 15) is 4.79 Å². The van der Waals surface area contributed by atoms with Gasteiger partial charge in [-0.15, -0.1) is 0 Å². The van der Waals surface area contributed by atoms with Crippen molar-refractivity contribution in [3.63, 3.8) is 0 Å². The van der Waals surface area contributed by atoms with Gasteiger partial charge in [0, 0.05) is 11.3 Å². The van der Waals surface area contributed by atoms with Crippen LogP contribution in [0.5, 0.6) is 0 Å². The topological polar surface area (TPSA) is 26.3 Å². The largest absolute Gasteiger partial charge is 0.358 e. The number of fused-ring (bicyclic) bond motifs is 4. The first-order valence-corrected chi connectivity index (χ1v) is 9.41. The number of hydrogen-bond donors (Lipinski definition) is 0. The van der Waals surface area contributed by atoms with E-state index in [4.69, 9.17) is 4.74 Å². The zero-order valence-electron chi connectivity index (χ0n) is 13.7. The molecule has 0 radical (unpaired) electrons. The van der Waals surface area contributed by atoms with Gasteiger partial charge in [0.1, 0.15) is 5.60 Å². The van der Waals surface area contributed by atoms with Gasteiger partial charge in [0.2, 0.25) is 0 Å². The van der Waals surface area contributed by atoms with Crippen molar-refractivity contribution in [2.45, 2.75) is 50.7 Å². The highest BCUT2D eigenvalue weighted by Gasteiger charge is 2.68. The third-order valence-electron chi connectivity index (χ3n) is 8.25. The van der Waals surface area contributed by atoms with Crippen LogP contribution in [-0.4, -0.2) is 17.5 Å². The van der Waals surface area contributed by atoms with Crippen LogP contribution >= 0.6 is 0 Å². The van der Waals surface area contributed by atoms with Crippen LogP contribution in [0.1, 0.15) is 39.0 Å². The highest BCUT2D eigenvalue weighted by molar-refractivity contribution is 5.99. The zero-order chi connectivity index (χ0) is 15.4. The van der Waals surface area contributed by atoms with Gasteiger partial charge < -0.3 is 4.74 Å². The van der Waals surface area contributed by atoms with Crippen LogP contribution in [0.25, 0.3) is 0 Å². The summed E-state index contributed by atoms with van der Waals surface area (Å²) in [6.45, 7) is 2.02. The minimum Gasteiger partial charge on any atom is -0.358 e. The van der Waals surface area contributed by atoms with E-state index in [1.54, 1.807) is 5.57 Å². The van der Waals surface area contributed by atoms with E-state index in [2.05, 4.69) is 24.3 Å². The molecular weight excluding hydrogens is 284 g/mol. The van der Waals surface area contributed by atoms with Gasteiger partial charge >= 0.3 is 0 Å². The van der Waals surface area contributed by atoms with E-state index < -0.39 is 5.60 Å². The summed E-state index contributed by atoms with van der Waals surface area (Å²) < 4.78 is 6.59. The summed E-state index contributed by atoms with van der Waals surface area (Å²) in [4.78, 5) is 12.6. The van der Waals surface area contributed by atoms with Gasteiger partial charge in [0.15, 0.2) is 5.78 Å². The van der Waals surface area contributed by atoms with Gasteiger partial charge in [-0.3, -0.25) is 4.79 Å². The van der Waals surface area contributed by atoms with Crippen LogP contribution in [0.4, 0.5) is 0 Å².